The lowest BCUT2D eigenvalue weighted by Gasteiger charge is -2.33. The third kappa shape index (κ3) is 23.3. The van der Waals surface area contributed by atoms with Gasteiger partial charge in [0.1, 0.15) is 0 Å². The van der Waals surface area contributed by atoms with E-state index in [1.807, 2.05) is 97.1 Å². The Morgan fingerprint density at radius 1 is 0.192 bits per heavy atom. The molecule has 0 saturated heterocycles. The molecule has 3 aliphatic carbocycles. The minimum Gasteiger partial charge on any atom is -0.289 e. The fraction of sp³-hybridized carbons (Fsp3) is 0.193. The molecule has 18 aromatic rings. The summed E-state index contributed by atoms with van der Waals surface area (Å²) in [5.74, 6) is 5.80. The Labute approximate surface area is 871 Å². The van der Waals surface area contributed by atoms with Crippen LogP contribution in [0.2, 0.25) is 0 Å². The van der Waals surface area contributed by atoms with Gasteiger partial charge in [0, 0.05) is 44.2 Å². The molecule has 0 amide bonds. The van der Waals surface area contributed by atoms with Crippen molar-refractivity contribution < 1.29 is 4.79 Å². The van der Waals surface area contributed by atoms with Gasteiger partial charge in [0.2, 0.25) is 0 Å². The number of Topliss-reactive ketones (excluding diaryl/α,β-unsaturated/α-hetero) is 1. The predicted octanol–water partition coefficient (Wildman–Crippen LogP) is 39.9. The van der Waals surface area contributed by atoms with Crippen LogP contribution in [0.4, 0.5) is 0 Å². The highest BCUT2D eigenvalue weighted by molar-refractivity contribution is 6.59. The van der Waals surface area contributed by atoms with Crippen molar-refractivity contribution in [3.8, 4) is 136 Å². The summed E-state index contributed by atoms with van der Waals surface area (Å²) in [5.41, 5.74) is 44.3. The highest BCUT2D eigenvalue weighted by atomic mass is 16.1. The van der Waals surface area contributed by atoms with Crippen LogP contribution in [-0.4, -0.2) is 5.78 Å². The summed E-state index contributed by atoms with van der Waals surface area (Å²) in [6.45, 7) is 13.7. The first kappa shape index (κ1) is 102. The Hall–Kier alpha value is -15.8. The first-order valence-electron chi connectivity index (χ1n) is 53.5. The summed E-state index contributed by atoms with van der Waals surface area (Å²) in [7, 11) is 0. The van der Waals surface area contributed by atoms with Crippen LogP contribution in [-0.2, 0) is 15.6 Å². The van der Waals surface area contributed by atoms with Gasteiger partial charge in [0.05, 0.1) is 0 Å². The lowest BCUT2D eigenvalue weighted by molar-refractivity contribution is -0.108. The number of aryl methyl sites for hydroxylation is 2. The van der Waals surface area contributed by atoms with E-state index in [2.05, 4.69) is 417 Å². The molecule has 0 N–H and O–H groups in total. The highest BCUT2D eigenvalue weighted by Crippen LogP contribution is 2.58. The second-order valence-electron chi connectivity index (χ2n) is 39.4. The number of fused-ring (bicyclic) bond motifs is 6. The molecular weight excluding hydrogens is 1760 g/mol. The molecule has 0 unspecified atom stereocenters. The highest BCUT2D eigenvalue weighted by Gasteiger charge is 2.45. The number of rotatable bonds is 32. The van der Waals surface area contributed by atoms with E-state index in [4.69, 9.17) is 12.8 Å². The van der Waals surface area contributed by atoms with Crippen LogP contribution in [0.25, 0.3) is 134 Å². The Morgan fingerprint density at radius 2 is 0.377 bits per heavy atom. The van der Waals surface area contributed by atoms with Gasteiger partial charge in [0.15, 0.2) is 5.78 Å². The molecule has 18 aromatic carbocycles. The largest absolute Gasteiger partial charge is 0.289 e. The summed E-state index contributed by atoms with van der Waals surface area (Å²) in [5, 5.41) is 0. The SMILES string of the molecule is C#Cc1ccc2c(c1)C(CCCCCC)(CCCCCC)c1cc(C#C)ccc1-2.CCCCCCC1(CCCCCC)c2cc(C)ccc2-c2ccc(C)cc21.O=C1C(c2ccccc2)=C(c2ccccc2)C(c2ccccc2)=C1c1ccccc1.c1ccc(-c2ccc(-c3ccccc3)c(-c3ccccc3)c2-c2ccccc2)cc1.c1ccc(-c2ccc(-c3ccccc3)c(-c3ccccc3)c2-c2ccccc2)cc1. The molecule has 1 heteroatoms. The molecule has 0 fully saturated rings. The quantitative estimate of drug-likeness (QED) is 0.0303. The number of hydrogen-bond acceptors (Lipinski definition) is 1. The average Bonchev–Trinajstić information content (AvgIpc) is 1.56. The minimum absolute atomic E-state index is 0.0475. The van der Waals surface area contributed by atoms with Crippen molar-refractivity contribution >= 4 is 28.1 Å². The zero-order valence-corrected chi connectivity index (χ0v) is 86.1. The predicted molar refractivity (Wildman–Crippen MR) is 626 cm³/mol. The summed E-state index contributed by atoms with van der Waals surface area (Å²) in [6, 6.07) is 163. The molecule has 0 bridgehead atoms. The number of terminal acetylenes is 2. The van der Waals surface area contributed by atoms with E-state index in [9.17, 15) is 4.79 Å². The topological polar surface area (TPSA) is 17.1 Å². The molecule has 0 saturated carbocycles. The standard InChI is InChI=1S/2C30H22.C29H20O.C29H34.C27H38/c2*1-5-13-23(14-6-1)27-21-22-28(24-15-7-2-8-16-24)30(26-19-11-4-12-20-26)29(27)25-17-9-3-10-18-25;30-29-27(23-17-9-3-10-18-23)25(21-13-5-1-6-14-21)26(22-15-7-2-8-16-22)28(29)24-19-11-4-12-20-24;1-5-9-11-13-19-29(20-14-12-10-6-2)27-21-23(7-3)15-17-25(27)26-18-16-24(8-4)22-28(26)29;1-5-7-9-11-17-27(18-12-10-8-6-2)25-19-21(3)13-15-23(25)24-16-14-22(4)20-26(24)27/h2*1-22H;1-20H;3-4,15-18,21-22H,5-6,9-14,19-20H2,1-2H3;13-16,19-20H,5-12,17-18H2,1-4H3. The van der Waals surface area contributed by atoms with Crippen LogP contribution < -0.4 is 0 Å². The number of carbonyl (C=O) groups is 1. The van der Waals surface area contributed by atoms with Gasteiger partial charge in [-0.05, 0) is 220 Å². The molecule has 722 valence electrons. The molecule has 0 aromatic heterocycles. The van der Waals surface area contributed by atoms with Crippen molar-refractivity contribution in [1.29, 1.82) is 0 Å². The maximum Gasteiger partial charge on any atom is 0.195 e. The number of benzene rings is 18. The van der Waals surface area contributed by atoms with Gasteiger partial charge in [-0.3, -0.25) is 4.79 Å². The Bertz CT molecular complexity index is 6820. The number of carbonyl (C=O) groups excluding carboxylic acids is 1. The molecular formula is C145H136O. The smallest absolute Gasteiger partial charge is 0.195 e. The first-order chi connectivity index (χ1) is 72.0. The van der Waals surface area contributed by atoms with Crippen molar-refractivity contribution in [2.45, 2.75) is 181 Å². The van der Waals surface area contributed by atoms with Crippen LogP contribution in [0.3, 0.4) is 0 Å². The molecule has 1 nitrogen and oxygen atoms in total. The fourth-order valence-electron chi connectivity index (χ4n) is 22.5. The zero-order chi connectivity index (χ0) is 101. The van der Waals surface area contributed by atoms with Gasteiger partial charge in [-0.15, -0.1) is 12.8 Å². The molecule has 21 rings (SSSR count). The Kier molecular flexibility index (Phi) is 35.1. The van der Waals surface area contributed by atoms with E-state index in [0.29, 0.717) is 0 Å². The van der Waals surface area contributed by atoms with Crippen molar-refractivity contribution in [1.82, 2.24) is 0 Å². The van der Waals surface area contributed by atoms with Crippen molar-refractivity contribution in [2.75, 3.05) is 0 Å². The van der Waals surface area contributed by atoms with Gasteiger partial charge >= 0.3 is 0 Å². The van der Waals surface area contributed by atoms with Crippen molar-refractivity contribution in [2.24, 2.45) is 0 Å². The van der Waals surface area contributed by atoms with Gasteiger partial charge in [0.25, 0.3) is 0 Å². The number of ketones is 1. The normalized spacial score (nSPS) is 12.5. The van der Waals surface area contributed by atoms with Gasteiger partial charge in [-0.25, -0.2) is 0 Å². The summed E-state index contributed by atoms with van der Waals surface area (Å²) < 4.78 is 0. The lowest BCUT2D eigenvalue weighted by Crippen LogP contribution is -2.25. The van der Waals surface area contributed by atoms with Gasteiger partial charge in [-0.1, -0.05) is 590 Å². The van der Waals surface area contributed by atoms with Crippen LogP contribution in [0.15, 0.2) is 461 Å². The van der Waals surface area contributed by atoms with E-state index < -0.39 is 0 Å². The molecule has 0 heterocycles. The van der Waals surface area contributed by atoms with E-state index in [0.717, 1.165) is 55.7 Å². The third-order valence-electron chi connectivity index (χ3n) is 29.6. The van der Waals surface area contributed by atoms with Crippen LogP contribution in [0, 0.1) is 38.5 Å². The van der Waals surface area contributed by atoms with Crippen LogP contribution in [0.5, 0.6) is 0 Å². The van der Waals surface area contributed by atoms with Crippen LogP contribution in [0.1, 0.15) is 223 Å². The number of allylic oxidation sites excluding steroid dienone is 4. The van der Waals surface area contributed by atoms with Crippen molar-refractivity contribution in [3.05, 3.63) is 528 Å². The lowest BCUT2D eigenvalue weighted by atomic mass is 9.70. The maximum absolute atomic E-state index is 14.0. The number of hydrogen-bond donors (Lipinski definition) is 0. The van der Waals surface area contributed by atoms with Crippen molar-refractivity contribution in [3.63, 3.8) is 0 Å². The first-order valence-corrected chi connectivity index (χ1v) is 53.5. The Balaban J connectivity index is 0.000000125. The second-order valence-corrected chi connectivity index (χ2v) is 39.4. The number of unbranched alkanes of at least 4 members (excludes halogenated alkanes) is 12. The molecule has 0 atom stereocenters. The molecule has 0 aliphatic heterocycles. The fourth-order valence-corrected chi connectivity index (χ4v) is 22.5. The van der Waals surface area contributed by atoms with Gasteiger partial charge in [-0.2, -0.15) is 0 Å². The van der Waals surface area contributed by atoms with E-state index >= 15 is 0 Å². The van der Waals surface area contributed by atoms with E-state index in [1.165, 1.54) is 262 Å². The minimum atomic E-state index is 0.0475. The summed E-state index contributed by atoms with van der Waals surface area (Å²) >= 11 is 0. The van der Waals surface area contributed by atoms with Gasteiger partial charge < -0.3 is 0 Å². The van der Waals surface area contributed by atoms with E-state index in [1.54, 1.807) is 11.1 Å². The molecule has 146 heavy (non-hydrogen) atoms. The summed E-state index contributed by atoms with van der Waals surface area (Å²) in [4.78, 5) is 14.0. The third-order valence-corrected chi connectivity index (χ3v) is 29.6. The molecule has 0 radical (unpaired) electrons. The molecule has 0 spiro atoms. The van der Waals surface area contributed by atoms with E-state index in [-0.39, 0.29) is 16.6 Å². The zero-order valence-electron chi connectivity index (χ0n) is 86.1. The van der Waals surface area contributed by atoms with Crippen LogP contribution >= 0.6 is 0 Å². The Morgan fingerprint density at radius 3 is 0.589 bits per heavy atom. The average molecular weight is 1890 g/mol. The second kappa shape index (κ2) is 50.4. The maximum atomic E-state index is 14.0. The monoisotopic (exact) mass is 1890 g/mol. The summed E-state index contributed by atoms with van der Waals surface area (Å²) in [6.07, 6.45) is 37.6. The molecule has 3 aliphatic rings.